The van der Waals surface area contributed by atoms with Crippen LogP contribution in [-0.4, -0.2) is 48.5 Å². The average molecular weight is 514 g/mol. The van der Waals surface area contributed by atoms with Crippen LogP contribution < -0.4 is 20.3 Å². The SMILES string of the molecule is Cc1nc(N2CCCC2)nc(C)c1-c1cccc2c1OCC2C=Nc1ccc2c(c1)OC[C@H]2CC(=O)ON. The van der Waals surface area contributed by atoms with E-state index in [0.717, 1.165) is 69.9 Å². The number of anilines is 1. The third-order valence-electron chi connectivity index (χ3n) is 7.59. The molecule has 38 heavy (non-hydrogen) atoms. The summed E-state index contributed by atoms with van der Waals surface area (Å²) >= 11 is 0. The van der Waals surface area contributed by atoms with Gasteiger partial charge in [0.1, 0.15) is 18.1 Å². The lowest BCUT2D eigenvalue weighted by Gasteiger charge is -2.19. The van der Waals surface area contributed by atoms with Gasteiger partial charge >= 0.3 is 5.97 Å². The maximum atomic E-state index is 11.6. The molecule has 0 radical (unpaired) electrons. The van der Waals surface area contributed by atoms with Crippen LogP contribution in [0, 0.1) is 13.8 Å². The van der Waals surface area contributed by atoms with Gasteiger partial charge in [0, 0.05) is 53.5 Å². The number of aryl methyl sites for hydroxylation is 2. The van der Waals surface area contributed by atoms with Crippen molar-refractivity contribution >= 4 is 23.8 Å². The Morgan fingerprint density at radius 3 is 2.66 bits per heavy atom. The smallest absolute Gasteiger partial charge is 0.325 e. The Bertz CT molecular complexity index is 1390. The third-order valence-corrected chi connectivity index (χ3v) is 7.59. The molecule has 1 unspecified atom stereocenters. The van der Waals surface area contributed by atoms with E-state index in [4.69, 9.17) is 30.3 Å². The van der Waals surface area contributed by atoms with Crippen LogP contribution in [-0.2, 0) is 9.63 Å². The highest BCUT2D eigenvalue weighted by Crippen LogP contribution is 2.43. The van der Waals surface area contributed by atoms with E-state index in [1.54, 1.807) is 0 Å². The molecule has 3 aliphatic heterocycles. The summed E-state index contributed by atoms with van der Waals surface area (Å²) in [6, 6.07) is 12.0. The maximum Gasteiger partial charge on any atom is 0.325 e. The molecule has 0 saturated carbocycles. The van der Waals surface area contributed by atoms with Crippen molar-refractivity contribution in [3.63, 3.8) is 0 Å². The zero-order valence-corrected chi connectivity index (χ0v) is 21.6. The van der Waals surface area contributed by atoms with E-state index in [1.807, 2.05) is 24.4 Å². The molecular weight excluding hydrogens is 482 g/mol. The molecular formula is C29H31N5O4. The third kappa shape index (κ3) is 4.47. The number of nitrogens with two attached hydrogens (primary N) is 1. The number of rotatable bonds is 6. The number of ether oxygens (including phenoxy) is 2. The van der Waals surface area contributed by atoms with Crippen LogP contribution in [0.5, 0.6) is 11.5 Å². The van der Waals surface area contributed by atoms with Crippen molar-refractivity contribution in [1.29, 1.82) is 0 Å². The number of fused-ring (bicyclic) bond motifs is 2. The number of aromatic nitrogens is 2. The van der Waals surface area contributed by atoms with E-state index in [9.17, 15) is 4.79 Å². The summed E-state index contributed by atoms with van der Waals surface area (Å²) in [5.41, 5.74) is 6.84. The first kappa shape index (κ1) is 24.4. The minimum atomic E-state index is -0.452. The molecule has 9 nitrogen and oxygen atoms in total. The summed E-state index contributed by atoms with van der Waals surface area (Å²) < 4.78 is 12.0. The van der Waals surface area contributed by atoms with Crippen LogP contribution in [0.2, 0.25) is 0 Å². The quantitative estimate of drug-likeness (QED) is 0.378. The van der Waals surface area contributed by atoms with Crippen molar-refractivity contribution in [2.75, 3.05) is 31.2 Å². The number of aliphatic imine (C=N–C) groups is 1. The molecule has 2 atom stereocenters. The van der Waals surface area contributed by atoms with Crippen LogP contribution in [0.25, 0.3) is 11.1 Å². The second-order valence-corrected chi connectivity index (χ2v) is 10.1. The minimum absolute atomic E-state index is 0.0246. The molecule has 2 aromatic carbocycles. The summed E-state index contributed by atoms with van der Waals surface area (Å²) in [7, 11) is 0. The van der Waals surface area contributed by atoms with Gasteiger partial charge in [-0.3, -0.25) is 9.79 Å². The number of carbonyl (C=O) groups is 1. The van der Waals surface area contributed by atoms with Gasteiger partial charge in [-0.1, -0.05) is 24.3 Å². The molecule has 1 aromatic heterocycles. The summed E-state index contributed by atoms with van der Waals surface area (Å²) in [5.74, 6) is 6.93. The molecule has 0 aliphatic carbocycles. The van der Waals surface area contributed by atoms with Crippen LogP contribution in [0.4, 0.5) is 11.6 Å². The maximum absolute atomic E-state index is 11.6. The fraction of sp³-hybridized carbons (Fsp3) is 0.379. The van der Waals surface area contributed by atoms with E-state index < -0.39 is 5.97 Å². The second kappa shape index (κ2) is 10.1. The molecule has 1 saturated heterocycles. The van der Waals surface area contributed by atoms with Crippen LogP contribution >= 0.6 is 0 Å². The molecule has 6 rings (SSSR count). The van der Waals surface area contributed by atoms with Gasteiger partial charge in [-0.05, 0) is 32.8 Å². The van der Waals surface area contributed by atoms with Crippen molar-refractivity contribution in [2.24, 2.45) is 10.9 Å². The van der Waals surface area contributed by atoms with Gasteiger partial charge in [-0.15, -0.1) is 0 Å². The van der Waals surface area contributed by atoms with Crippen LogP contribution in [0.15, 0.2) is 41.4 Å². The number of benzene rings is 2. The Morgan fingerprint density at radius 2 is 1.89 bits per heavy atom. The van der Waals surface area contributed by atoms with Gasteiger partial charge in [-0.2, -0.15) is 5.90 Å². The van der Waals surface area contributed by atoms with Crippen LogP contribution in [0.1, 0.15) is 53.6 Å². The van der Waals surface area contributed by atoms with Crippen LogP contribution in [0.3, 0.4) is 0 Å². The second-order valence-electron chi connectivity index (χ2n) is 10.1. The number of hydrogen-bond acceptors (Lipinski definition) is 9. The minimum Gasteiger partial charge on any atom is -0.493 e. The molecule has 196 valence electrons. The molecule has 1 fully saturated rings. The molecule has 0 spiro atoms. The summed E-state index contributed by atoms with van der Waals surface area (Å²) in [4.78, 5) is 32.6. The molecule has 3 aromatic rings. The van der Waals surface area contributed by atoms with E-state index in [0.29, 0.717) is 13.2 Å². The zero-order chi connectivity index (χ0) is 26.2. The number of carbonyl (C=O) groups excluding carboxylic acids is 1. The first-order valence-corrected chi connectivity index (χ1v) is 13.1. The number of para-hydroxylation sites is 1. The lowest BCUT2D eigenvalue weighted by molar-refractivity contribution is -0.144. The first-order valence-electron chi connectivity index (χ1n) is 13.1. The highest BCUT2D eigenvalue weighted by Gasteiger charge is 2.29. The highest BCUT2D eigenvalue weighted by atomic mass is 16.7. The first-order chi connectivity index (χ1) is 18.5. The Morgan fingerprint density at radius 1 is 1.11 bits per heavy atom. The van der Waals surface area contributed by atoms with Crippen molar-refractivity contribution in [3.05, 3.63) is 58.9 Å². The number of nitrogens with zero attached hydrogens (tertiary/aromatic N) is 4. The van der Waals surface area contributed by atoms with Crippen molar-refractivity contribution in [1.82, 2.24) is 9.97 Å². The van der Waals surface area contributed by atoms with Gasteiger partial charge in [0.15, 0.2) is 0 Å². The molecule has 9 heteroatoms. The van der Waals surface area contributed by atoms with E-state index in [1.165, 1.54) is 12.8 Å². The predicted octanol–water partition coefficient (Wildman–Crippen LogP) is 4.52. The van der Waals surface area contributed by atoms with E-state index in [2.05, 4.69) is 41.8 Å². The lowest BCUT2D eigenvalue weighted by Crippen LogP contribution is -2.21. The Kier molecular flexibility index (Phi) is 6.45. The molecule has 4 heterocycles. The Labute approximate surface area is 221 Å². The van der Waals surface area contributed by atoms with Gasteiger partial charge in [0.05, 0.1) is 36.0 Å². The Hall–Kier alpha value is -3.98. The largest absolute Gasteiger partial charge is 0.493 e. The van der Waals surface area contributed by atoms with Crippen molar-refractivity contribution in [3.8, 4) is 22.6 Å². The highest BCUT2D eigenvalue weighted by molar-refractivity contribution is 5.82. The summed E-state index contributed by atoms with van der Waals surface area (Å²) in [5, 5.41) is 0. The van der Waals surface area contributed by atoms with E-state index in [-0.39, 0.29) is 18.3 Å². The van der Waals surface area contributed by atoms with Gasteiger partial charge in [-0.25, -0.2) is 9.97 Å². The zero-order valence-electron chi connectivity index (χ0n) is 21.6. The number of hydrogen-bond donors (Lipinski definition) is 1. The Balaban J connectivity index is 1.23. The van der Waals surface area contributed by atoms with Gasteiger partial charge < -0.3 is 19.2 Å². The molecule has 2 N–H and O–H groups in total. The van der Waals surface area contributed by atoms with Crippen molar-refractivity contribution in [2.45, 2.75) is 44.9 Å². The fourth-order valence-corrected chi connectivity index (χ4v) is 5.68. The van der Waals surface area contributed by atoms with Gasteiger partial charge in [0.25, 0.3) is 0 Å². The molecule has 0 amide bonds. The molecule has 3 aliphatic rings. The summed E-state index contributed by atoms with van der Waals surface area (Å²) in [6.07, 6.45) is 4.50. The van der Waals surface area contributed by atoms with Gasteiger partial charge in [0.2, 0.25) is 5.95 Å². The fourth-order valence-electron chi connectivity index (χ4n) is 5.68. The summed E-state index contributed by atoms with van der Waals surface area (Å²) in [6.45, 7) is 7.08. The topological polar surface area (TPSA) is 112 Å². The molecule has 0 bridgehead atoms. The predicted molar refractivity (Wildman–Crippen MR) is 144 cm³/mol. The monoisotopic (exact) mass is 513 g/mol. The standard InChI is InChI=1S/C29H31N5O4/c1-17-27(18(2)33-29(32-17)34-10-3-4-11-34)24-7-5-6-23-20(16-37-28(23)24)14-31-21-8-9-22-19(12-26(35)38-30)15-36-25(22)13-21/h5-9,13-14,19-20H,3-4,10-12,15-16,30H2,1-2H3/t19-,20?/m1/s1. The van der Waals surface area contributed by atoms with E-state index >= 15 is 0 Å². The van der Waals surface area contributed by atoms with Crippen molar-refractivity contribution < 1.29 is 19.1 Å². The average Bonchev–Trinajstić information content (AvgIpc) is 3.68. The normalized spacial score (nSPS) is 19.8. The lowest BCUT2D eigenvalue weighted by atomic mass is 9.95.